The molecule has 12 nitrogen and oxygen atoms in total. The van der Waals surface area contributed by atoms with Crippen LogP contribution in [0.2, 0.25) is 0 Å². The zero-order chi connectivity index (χ0) is 34.7. The Bertz CT molecular complexity index is 1900. The first kappa shape index (κ1) is 33.5. The molecule has 1 N–H and O–H groups in total. The smallest absolute Gasteiger partial charge is 0.350 e. The molecule has 262 valence electrons. The normalized spacial score (nSPS) is 20.6. The molecule has 0 unspecified atom stereocenters. The SMILES string of the molecule is CC[C@@H]([C@H](C)O)n1ncn(-c2ccc(N3CCN(c4ccc(OC[C@@H]5CO[C@@](Cn6cncn6)(c6ccccc6F)C5)cc4)CC3)cc2)c1=O. The van der Waals surface area contributed by atoms with Gasteiger partial charge in [0.2, 0.25) is 0 Å². The van der Waals surface area contributed by atoms with E-state index in [0.717, 1.165) is 49.0 Å². The zero-order valence-corrected chi connectivity index (χ0v) is 28.4. The molecule has 2 aliphatic rings. The standard InChI is InChI=1S/C37H43FN8O4/c1-3-35(27(2)47)46-36(48)45(26-41-46)31-10-8-29(9-11-31)42-16-18-43(19-17-42)30-12-14-32(15-13-30)49-21-28-20-37(50-22-28,23-44-25-39-24-40-44)33-6-4-5-7-34(33)38/h4-15,24-28,35,47H,3,16-23H2,1-2H3/t27-,28+,35-,37-/m0/s1. The fraction of sp³-hybridized carbons (Fsp3) is 0.405. The Morgan fingerprint density at radius 3 is 2.22 bits per heavy atom. The minimum atomic E-state index is -0.844. The molecule has 0 amide bonds. The summed E-state index contributed by atoms with van der Waals surface area (Å²) in [5, 5.41) is 18.6. The maximum Gasteiger partial charge on any atom is 0.350 e. The molecular formula is C37H43FN8O4. The molecule has 2 aliphatic heterocycles. The molecule has 2 saturated heterocycles. The van der Waals surface area contributed by atoms with Crippen molar-refractivity contribution in [2.45, 2.75) is 51.0 Å². The molecule has 0 bridgehead atoms. The average molecular weight is 683 g/mol. The highest BCUT2D eigenvalue weighted by molar-refractivity contribution is 5.54. The van der Waals surface area contributed by atoms with Crippen molar-refractivity contribution < 1.29 is 19.0 Å². The van der Waals surface area contributed by atoms with E-state index in [-0.39, 0.29) is 23.5 Å². The van der Waals surface area contributed by atoms with Crippen molar-refractivity contribution in [3.8, 4) is 11.4 Å². The molecule has 2 aromatic heterocycles. The highest BCUT2D eigenvalue weighted by Crippen LogP contribution is 2.42. The van der Waals surface area contributed by atoms with Gasteiger partial charge in [-0.3, -0.25) is 0 Å². The van der Waals surface area contributed by atoms with Crippen LogP contribution in [0.1, 0.15) is 38.3 Å². The number of piperazine rings is 1. The molecule has 0 aliphatic carbocycles. The van der Waals surface area contributed by atoms with E-state index in [4.69, 9.17) is 9.47 Å². The molecule has 4 atom stereocenters. The van der Waals surface area contributed by atoms with Gasteiger partial charge in [-0.05, 0) is 74.4 Å². The largest absolute Gasteiger partial charge is 0.493 e. The molecule has 4 heterocycles. The minimum Gasteiger partial charge on any atom is -0.493 e. The van der Waals surface area contributed by atoms with Crippen LogP contribution in [0.15, 0.2) is 96.6 Å². The van der Waals surface area contributed by atoms with Crippen molar-refractivity contribution in [3.63, 3.8) is 0 Å². The Morgan fingerprint density at radius 1 is 0.940 bits per heavy atom. The summed E-state index contributed by atoms with van der Waals surface area (Å²) in [5.41, 5.74) is 2.40. The fourth-order valence-corrected chi connectivity index (χ4v) is 7.21. The lowest BCUT2D eigenvalue weighted by Crippen LogP contribution is -2.46. The van der Waals surface area contributed by atoms with Crippen molar-refractivity contribution >= 4 is 11.4 Å². The minimum absolute atomic E-state index is 0.0853. The van der Waals surface area contributed by atoms with Crippen LogP contribution in [0.3, 0.4) is 0 Å². The van der Waals surface area contributed by atoms with Gasteiger partial charge in [-0.1, -0.05) is 25.1 Å². The van der Waals surface area contributed by atoms with Crippen molar-refractivity contribution in [3.05, 3.63) is 114 Å². The summed E-state index contributed by atoms with van der Waals surface area (Å²) >= 11 is 0. The summed E-state index contributed by atoms with van der Waals surface area (Å²) in [5.74, 6) is 0.580. The number of anilines is 2. The molecule has 3 aromatic carbocycles. The van der Waals surface area contributed by atoms with Gasteiger partial charge in [-0.2, -0.15) is 10.2 Å². The fourth-order valence-electron chi connectivity index (χ4n) is 7.21. The number of aliphatic hydroxyl groups excluding tert-OH is 1. The first-order valence-corrected chi connectivity index (χ1v) is 17.2. The maximum atomic E-state index is 14.9. The van der Waals surface area contributed by atoms with Crippen molar-refractivity contribution in [2.75, 3.05) is 49.2 Å². The van der Waals surface area contributed by atoms with Crippen LogP contribution in [0, 0.1) is 11.7 Å². The van der Waals surface area contributed by atoms with Crippen LogP contribution in [0.25, 0.3) is 5.69 Å². The lowest BCUT2D eigenvalue weighted by atomic mass is 9.87. The monoisotopic (exact) mass is 682 g/mol. The summed E-state index contributed by atoms with van der Waals surface area (Å²) in [6, 6.07) is 22.6. The number of halogens is 1. The summed E-state index contributed by atoms with van der Waals surface area (Å²) in [7, 11) is 0. The Morgan fingerprint density at radius 2 is 1.60 bits per heavy atom. The number of rotatable bonds is 12. The first-order valence-electron chi connectivity index (χ1n) is 17.2. The van der Waals surface area contributed by atoms with Crippen LogP contribution in [0.5, 0.6) is 5.75 Å². The maximum absolute atomic E-state index is 14.9. The number of hydrogen-bond acceptors (Lipinski definition) is 9. The van der Waals surface area contributed by atoms with Crippen LogP contribution in [-0.4, -0.2) is 79.7 Å². The molecule has 0 spiro atoms. The van der Waals surface area contributed by atoms with Gasteiger partial charge in [0.1, 0.15) is 36.1 Å². The molecule has 0 saturated carbocycles. The highest BCUT2D eigenvalue weighted by Gasteiger charge is 2.44. The number of benzene rings is 3. The number of hydrogen-bond donors (Lipinski definition) is 1. The Balaban J connectivity index is 0.919. The van der Waals surface area contributed by atoms with E-state index < -0.39 is 11.7 Å². The molecule has 0 radical (unpaired) electrons. The van der Waals surface area contributed by atoms with Gasteiger partial charge in [0.05, 0.1) is 37.6 Å². The van der Waals surface area contributed by atoms with Gasteiger partial charge in [0, 0.05) is 49.0 Å². The van der Waals surface area contributed by atoms with Gasteiger partial charge in [-0.25, -0.2) is 28.1 Å². The Hall–Kier alpha value is -5.01. The molecule has 13 heteroatoms. The zero-order valence-electron chi connectivity index (χ0n) is 28.4. The van der Waals surface area contributed by atoms with E-state index in [9.17, 15) is 14.3 Å². The van der Waals surface area contributed by atoms with Crippen LogP contribution in [0.4, 0.5) is 15.8 Å². The van der Waals surface area contributed by atoms with Crippen molar-refractivity contribution in [1.82, 2.24) is 29.1 Å². The summed E-state index contributed by atoms with van der Waals surface area (Å²) in [6.07, 6.45) is 5.16. The second kappa shape index (κ2) is 14.5. The molecule has 5 aromatic rings. The predicted octanol–water partition coefficient (Wildman–Crippen LogP) is 4.43. The van der Waals surface area contributed by atoms with E-state index in [1.807, 2.05) is 49.4 Å². The van der Waals surface area contributed by atoms with Gasteiger partial charge in [-0.15, -0.1) is 0 Å². The van der Waals surface area contributed by atoms with Gasteiger partial charge < -0.3 is 24.4 Å². The van der Waals surface area contributed by atoms with E-state index in [2.05, 4.69) is 37.1 Å². The molecule has 7 rings (SSSR count). The van der Waals surface area contributed by atoms with Crippen LogP contribution >= 0.6 is 0 Å². The lowest BCUT2D eigenvalue weighted by Gasteiger charge is -2.37. The van der Waals surface area contributed by atoms with Crippen LogP contribution < -0.4 is 20.2 Å². The molecular weight excluding hydrogens is 639 g/mol. The third kappa shape index (κ3) is 6.88. The van der Waals surface area contributed by atoms with E-state index in [1.54, 1.807) is 30.1 Å². The number of aliphatic hydroxyl groups is 1. The summed E-state index contributed by atoms with van der Waals surface area (Å²) < 4.78 is 32.0. The average Bonchev–Trinajstić information content (AvgIpc) is 3.90. The third-order valence-electron chi connectivity index (χ3n) is 9.91. The summed E-state index contributed by atoms with van der Waals surface area (Å²) in [4.78, 5) is 21.7. The van der Waals surface area contributed by atoms with Gasteiger partial charge in [0.25, 0.3) is 0 Å². The highest BCUT2D eigenvalue weighted by atomic mass is 19.1. The summed E-state index contributed by atoms with van der Waals surface area (Å²) in [6.45, 7) is 8.37. The molecule has 50 heavy (non-hydrogen) atoms. The van der Waals surface area contributed by atoms with Crippen molar-refractivity contribution in [2.24, 2.45) is 5.92 Å². The quantitative estimate of drug-likeness (QED) is 0.204. The number of nitrogens with zero attached hydrogens (tertiary/aromatic N) is 8. The predicted molar refractivity (Wildman–Crippen MR) is 187 cm³/mol. The van der Waals surface area contributed by atoms with Gasteiger partial charge in [0.15, 0.2) is 0 Å². The van der Waals surface area contributed by atoms with Crippen LogP contribution in [-0.2, 0) is 16.9 Å². The number of aromatic nitrogens is 6. The van der Waals surface area contributed by atoms with Gasteiger partial charge >= 0.3 is 5.69 Å². The second-order valence-electron chi connectivity index (χ2n) is 13.2. The topological polar surface area (TPSA) is 116 Å². The number of ether oxygens (including phenoxy) is 2. The van der Waals surface area contributed by atoms with E-state index >= 15 is 0 Å². The third-order valence-corrected chi connectivity index (χ3v) is 9.91. The second-order valence-corrected chi connectivity index (χ2v) is 13.2. The first-order chi connectivity index (χ1) is 24.3. The van der Waals surface area contributed by atoms with Crippen molar-refractivity contribution in [1.29, 1.82) is 0 Å². The lowest BCUT2D eigenvalue weighted by molar-refractivity contribution is -0.0206. The molecule has 2 fully saturated rings. The Labute approximate surface area is 290 Å². The van der Waals surface area contributed by atoms with E-state index in [0.29, 0.717) is 38.2 Å². The van der Waals surface area contributed by atoms with E-state index in [1.165, 1.54) is 28.0 Å². The Kier molecular flexibility index (Phi) is 9.68.